The number of carbonyl (C=O) groups is 1. The van der Waals surface area contributed by atoms with E-state index in [1.807, 2.05) is 72.8 Å². The van der Waals surface area contributed by atoms with Crippen LogP contribution in [0.1, 0.15) is 18.4 Å². The van der Waals surface area contributed by atoms with Gasteiger partial charge in [0.2, 0.25) is 0 Å². The Kier molecular flexibility index (Phi) is 7.39. The molecular weight excluding hydrogens is 412 g/mol. The van der Waals surface area contributed by atoms with Crippen LogP contribution in [0.15, 0.2) is 114 Å². The molecule has 0 radical (unpaired) electrons. The number of benzene rings is 3. The maximum Gasteiger partial charge on any atom is 0.303 e. The molecule has 0 fully saturated rings. The van der Waals surface area contributed by atoms with E-state index in [-0.39, 0.29) is 6.42 Å². The molecule has 0 heterocycles. The molecule has 1 N–H and O–H groups in total. The number of carboxylic acid groups (broad SMARTS) is 1. The maximum atomic E-state index is 10.7. The number of aliphatic carboxylic acids is 1. The van der Waals surface area contributed by atoms with E-state index < -0.39 is 5.97 Å². The van der Waals surface area contributed by atoms with Gasteiger partial charge < -0.3 is 14.6 Å². The quantitative estimate of drug-likeness (QED) is 0.409. The van der Waals surface area contributed by atoms with Crippen molar-refractivity contribution in [2.24, 2.45) is 0 Å². The number of aryl methyl sites for hydroxylation is 1. The Morgan fingerprint density at radius 2 is 1.52 bits per heavy atom. The van der Waals surface area contributed by atoms with Crippen LogP contribution < -0.4 is 9.47 Å². The van der Waals surface area contributed by atoms with Crippen molar-refractivity contribution >= 4 is 5.97 Å². The highest BCUT2D eigenvalue weighted by molar-refractivity contribution is 5.67. The molecule has 0 bridgehead atoms. The smallest absolute Gasteiger partial charge is 0.303 e. The summed E-state index contributed by atoms with van der Waals surface area (Å²) in [5.74, 6) is 1.55. The fourth-order valence-electron chi connectivity index (χ4n) is 3.49. The molecule has 0 atom stereocenters. The third kappa shape index (κ3) is 6.71. The fraction of sp³-hybridized carbons (Fsp3) is 0.138. The summed E-state index contributed by atoms with van der Waals surface area (Å²) < 4.78 is 11.9. The lowest BCUT2D eigenvalue weighted by Gasteiger charge is -2.08. The van der Waals surface area contributed by atoms with Crippen molar-refractivity contribution in [1.82, 2.24) is 0 Å². The zero-order valence-corrected chi connectivity index (χ0v) is 18.3. The molecule has 0 saturated carbocycles. The van der Waals surface area contributed by atoms with Gasteiger partial charge in [0.15, 0.2) is 0 Å². The second-order valence-electron chi connectivity index (χ2n) is 7.82. The summed E-state index contributed by atoms with van der Waals surface area (Å²) in [5.41, 5.74) is 4.46. The molecule has 0 saturated heterocycles. The summed E-state index contributed by atoms with van der Waals surface area (Å²) in [6.07, 6.45) is 9.48. The fourth-order valence-corrected chi connectivity index (χ4v) is 3.49. The van der Waals surface area contributed by atoms with E-state index in [1.54, 1.807) is 0 Å². The number of hydrogen-bond donors (Lipinski definition) is 1. The van der Waals surface area contributed by atoms with Crippen LogP contribution in [-0.2, 0) is 11.2 Å². The van der Waals surface area contributed by atoms with Crippen LogP contribution in [0.3, 0.4) is 0 Å². The van der Waals surface area contributed by atoms with E-state index in [9.17, 15) is 4.79 Å². The Balaban J connectivity index is 1.31. The van der Waals surface area contributed by atoms with Gasteiger partial charge in [0, 0.05) is 6.42 Å². The summed E-state index contributed by atoms with van der Waals surface area (Å²) in [5, 5.41) is 8.79. The number of carboxylic acids is 1. The third-order valence-electron chi connectivity index (χ3n) is 5.32. The molecule has 4 rings (SSSR count). The Morgan fingerprint density at radius 3 is 2.24 bits per heavy atom. The predicted molar refractivity (Wildman–Crippen MR) is 130 cm³/mol. The highest BCUT2D eigenvalue weighted by Crippen LogP contribution is 2.24. The van der Waals surface area contributed by atoms with E-state index >= 15 is 0 Å². The van der Waals surface area contributed by atoms with Crippen LogP contribution in [0.2, 0.25) is 0 Å². The molecule has 166 valence electrons. The summed E-state index contributed by atoms with van der Waals surface area (Å²) in [6.45, 7) is 0.481. The molecular formula is C29H26O4. The number of hydrogen-bond acceptors (Lipinski definition) is 3. The van der Waals surface area contributed by atoms with Gasteiger partial charge in [-0.15, -0.1) is 0 Å². The lowest BCUT2D eigenvalue weighted by Crippen LogP contribution is -2.01. The van der Waals surface area contributed by atoms with E-state index in [1.165, 1.54) is 5.56 Å². The van der Waals surface area contributed by atoms with Crippen molar-refractivity contribution in [2.75, 3.05) is 6.61 Å². The summed E-state index contributed by atoms with van der Waals surface area (Å²) in [4.78, 5) is 10.7. The molecule has 0 aromatic heterocycles. The molecule has 1 aliphatic rings. The van der Waals surface area contributed by atoms with Crippen LogP contribution in [-0.4, -0.2) is 17.7 Å². The average molecular weight is 439 g/mol. The molecule has 3 aromatic rings. The van der Waals surface area contributed by atoms with Gasteiger partial charge in [-0.3, -0.25) is 4.79 Å². The summed E-state index contributed by atoms with van der Waals surface area (Å²) in [6, 6.07) is 25.9. The van der Waals surface area contributed by atoms with E-state index in [0.29, 0.717) is 13.0 Å². The van der Waals surface area contributed by atoms with Gasteiger partial charge in [0.1, 0.15) is 23.9 Å². The Bertz CT molecular complexity index is 1150. The highest BCUT2D eigenvalue weighted by atomic mass is 16.5. The van der Waals surface area contributed by atoms with Gasteiger partial charge in [-0.1, -0.05) is 66.7 Å². The second kappa shape index (κ2) is 11.0. The predicted octanol–water partition coefficient (Wildman–Crippen LogP) is 6.60. The first-order valence-electron chi connectivity index (χ1n) is 11.0. The first-order chi connectivity index (χ1) is 16.2. The van der Waals surface area contributed by atoms with E-state index in [0.717, 1.165) is 40.4 Å². The number of allylic oxidation sites excluding steroid dienone is 4. The summed E-state index contributed by atoms with van der Waals surface area (Å²) >= 11 is 0. The lowest BCUT2D eigenvalue weighted by atomic mass is 10.1. The van der Waals surface area contributed by atoms with Gasteiger partial charge in [0.25, 0.3) is 0 Å². The Labute approximate surface area is 194 Å². The normalized spacial score (nSPS) is 13.0. The molecule has 4 nitrogen and oxygen atoms in total. The molecule has 0 unspecified atom stereocenters. The highest BCUT2D eigenvalue weighted by Gasteiger charge is 2.05. The zero-order valence-electron chi connectivity index (χ0n) is 18.3. The van der Waals surface area contributed by atoms with Crippen molar-refractivity contribution in [3.63, 3.8) is 0 Å². The topological polar surface area (TPSA) is 55.8 Å². The molecule has 0 amide bonds. The van der Waals surface area contributed by atoms with Crippen molar-refractivity contribution < 1.29 is 19.4 Å². The van der Waals surface area contributed by atoms with E-state index in [2.05, 4.69) is 30.3 Å². The van der Waals surface area contributed by atoms with Crippen LogP contribution in [0.25, 0.3) is 11.1 Å². The van der Waals surface area contributed by atoms with Crippen molar-refractivity contribution in [3.8, 4) is 22.6 Å². The Hall–Kier alpha value is -4.05. The summed E-state index contributed by atoms with van der Waals surface area (Å²) in [7, 11) is 0. The van der Waals surface area contributed by atoms with Gasteiger partial charge in [0.05, 0.1) is 0 Å². The minimum Gasteiger partial charge on any atom is -0.489 e. The van der Waals surface area contributed by atoms with Crippen molar-refractivity contribution in [2.45, 2.75) is 19.3 Å². The minimum atomic E-state index is -0.788. The van der Waals surface area contributed by atoms with Gasteiger partial charge >= 0.3 is 5.97 Å². The molecule has 0 aliphatic heterocycles. The second-order valence-corrected chi connectivity index (χ2v) is 7.82. The largest absolute Gasteiger partial charge is 0.489 e. The maximum absolute atomic E-state index is 10.7. The minimum absolute atomic E-state index is 0.132. The first-order valence-corrected chi connectivity index (χ1v) is 11.0. The monoisotopic (exact) mass is 438 g/mol. The van der Waals surface area contributed by atoms with Crippen LogP contribution in [0, 0.1) is 0 Å². The van der Waals surface area contributed by atoms with Crippen LogP contribution >= 0.6 is 0 Å². The molecule has 33 heavy (non-hydrogen) atoms. The number of rotatable bonds is 9. The van der Waals surface area contributed by atoms with Gasteiger partial charge in [-0.05, 0) is 71.5 Å². The molecule has 1 aliphatic carbocycles. The van der Waals surface area contributed by atoms with Crippen LogP contribution in [0.4, 0.5) is 0 Å². The van der Waals surface area contributed by atoms with Crippen molar-refractivity contribution in [3.05, 3.63) is 120 Å². The standard InChI is InChI=1S/C29H26O4/c30-29(31)20-12-22-9-15-26(16-10-22)32-21-23-5-4-8-27(17-11-23)33-28-18-13-25(14-19-28)24-6-2-1-3-7-24/h1-4,6-11,13-19H,5,12,20-21H2,(H,30,31). The molecule has 0 spiro atoms. The van der Waals surface area contributed by atoms with Gasteiger partial charge in [-0.25, -0.2) is 0 Å². The van der Waals surface area contributed by atoms with Crippen molar-refractivity contribution in [1.29, 1.82) is 0 Å². The third-order valence-corrected chi connectivity index (χ3v) is 5.32. The molecule has 4 heteroatoms. The average Bonchev–Trinajstić information content (AvgIpc) is 3.08. The zero-order chi connectivity index (χ0) is 22.9. The SMILES string of the molecule is O=C(O)CCc1ccc(OCC2=CC=C(Oc3ccc(-c4ccccc4)cc3)C=CC2)cc1. The lowest BCUT2D eigenvalue weighted by molar-refractivity contribution is -0.136. The molecule has 3 aromatic carbocycles. The first kappa shape index (κ1) is 22.2. The number of ether oxygens (including phenoxy) is 2. The van der Waals surface area contributed by atoms with Gasteiger partial charge in [-0.2, -0.15) is 0 Å². The van der Waals surface area contributed by atoms with Crippen LogP contribution in [0.5, 0.6) is 11.5 Å². The Morgan fingerprint density at radius 1 is 0.818 bits per heavy atom. The van der Waals surface area contributed by atoms with E-state index in [4.69, 9.17) is 14.6 Å².